The van der Waals surface area contributed by atoms with Gasteiger partial charge in [0.15, 0.2) is 0 Å². The fourth-order valence-corrected chi connectivity index (χ4v) is 3.08. The number of hydrogen-bond donors (Lipinski definition) is 2. The van der Waals surface area contributed by atoms with Crippen LogP contribution in [0.15, 0.2) is 29.6 Å². The van der Waals surface area contributed by atoms with Crippen LogP contribution in [-0.4, -0.2) is 28.0 Å². The Balaban J connectivity index is 1.87. The minimum absolute atomic E-state index is 0.0393. The lowest BCUT2D eigenvalue weighted by Crippen LogP contribution is -2.45. The zero-order valence-corrected chi connectivity index (χ0v) is 16.1. The summed E-state index contributed by atoms with van der Waals surface area (Å²) >= 11 is 7.22. The van der Waals surface area contributed by atoms with Crippen LogP contribution in [0.2, 0.25) is 5.02 Å². The Bertz CT molecular complexity index is 748. The van der Waals surface area contributed by atoms with Crippen LogP contribution in [0, 0.1) is 5.92 Å². The lowest BCUT2D eigenvalue weighted by molar-refractivity contribution is -0.143. The van der Waals surface area contributed by atoms with Crippen LogP contribution in [0.1, 0.15) is 31.0 Å². The highest BCUT2D eigenvalue weighted by atomic mass is 35.5. The molecule has 0 bridgehead atoms. The molecule has 1 aromatic carbocycles. The highest BCUT2D eigenvalue weighted by Gasteiger charge is 2.25. The molecule has 0 saturated carbocycles. The van der Waals surface area contributed by atoms with Crippen LogP contribution in [0.3, 0.4) is 0 Å². The summed E-state index contributed by atoms with van der Waals surface area (Å²) in [6, 6.07) is 6.13. The predicted molar refractivity (Wildman–Crippen MR) is 101 cm³/mol. The van der Waals surface area contributed by atoms with Crippen molar-refractivity contribution in [2.45, 2.75) is 39.3 Å². The standard InChI is InChI=1S/C18H21ClN2O4S/c1-3-11(2)17(18(23)24)21-15(22)8-13-10-26-16(20-13)9-25-14-6-4-12(19)5-7-14/h4-7,10-11,17H,3,8-9H2,1-2H3,(H,21,22)(H,23,24). The van der Waals surface area contributed by atoms with Gasteiger partial charge in [-0.05, 0) is 30.2 Å². The first kappa shape index (κ1) is 20.2. The molecule has 0 aliphatic carbocycles. The molecule has 2 rings (SSSR count). The topological polar surface area (TPSA) is 88.5 Å². The van der Waals surface area contributed by atoms with E-state index in [1.165, 1.54) is 11.3 Å². The number of rotatable bonds is 9. The van der Waals surface area contributed by atoms with Gasteiger partial charge >= 0.3 is 5.97 Å². The first-order chi connectivity index (χ1) is 12.4. The summed E-state index contributed by atoms with van der Waals surface area (Å²) in [7, 11) is 0. The number of carboxylic acid groups (broad SMARTS) is 1. The number of halogens is 1. The number of aromatic nitrogens is 1. The molecule has 2 aromatic rings. The van der Waals surface area contributed by atoms with E-state index in [1.807, 2.05) is 6.92 Å². The molecule has 0 radical (unpaired) electrons. The number of aliphatic carboxylic acids is 1. The second-order valence-electron chi connectivity index (χ2n) is 5.92. The van der Waals surface area contributed by atoms with E-state index in [4.69, 9.17) is 16.3 Å². The molecule has 0 spiro atoms. The summed E-state index contributed by atoms with van der Waals surface area (Å²) in [5.41, 5.74) is 0.593. The molecule has 1 heterocycles. The Morgan fingerprint density at radius 1 is 1.35 bits per heavy atom. The van der Waals surface area contributed by atoms with Crippen molar-refractivity contribution < 1.29 is 19.4 Å². The molecule has 2 atom stereocenters. The normalized spacial score (nSPS) is 13.0. The molecular weight excluding hydrogens is 376 g/mol. The fraction of sp³-hybridized carbons (Fsp3) is 0.389. The van der Waals surface area contributed by atoms with Crippen molar-refractivity contribution in [1.29, 1.82) is 0 Å². The van der Waals surface area contributed by atoms with Crippen LogP contribution >= 0.6 is 22.9 Å². The van der Waals surface area contributed by atoms with Gasteiger partial charge < -0.3 is 15.2 Å². The summed E-state index contributed by atoms with van der Waals surface area (Å²) in [5.74, 6) is -0.840. The molecule has 0 aliphatic rings. The SMILES string of the molecule is CCC(C)C(NC(=O)Cc1csc(COc2ccc(Cl)cc2)n1)C(=O)O. The van der Waals surface area contributed by atoms with Crippen molar-refractivity contribution >= 4 is 34.8 Å². The van der Waals surface area contributed by atoms with E-state index in [2.05, 4.69) is 10.3 Å². The van der Waals surface area contributed by atoms with Crippen molar-refractivity contribution in [1.82, 2.24) is 10.3 Å². The third-order valence-electron chi connectivity index (χ3n) is 3.91. The number of benzene rings is 1. The van der Waals surface area contributed by atoms with Gasteiger partial charge in [0.1, 0.15) is 23.4 Å². The molecule has 2 N–H and O–H groups in total. The van der Waals surface area contributed by atoms with Crippen molar-refractivity contribution in [3.8, 4) is 5.75 Å². The maximum absolute atomic E-state index is 12.1. The number of amides is 1. The average Bonchev–Trinajstić information content (AvgIpc) is 3.05. The summed E-state index contributed by atoms with van der Waals surface area (Å²) in [5, 5.41) is 15.0. The van der Waals surface area contributed by atoms with E-state index in [0.29, 0.717) is 29.5 Å². The zero-order chi connectivity index (χ0) is 19.1. The summed E-state index contributed by atoms with van der Waals surface area (Å²) < 4.78 is 5.62. The number of thiazole rings is 1. The minimum Gasteiger partial charge on any atom is -0.486 e. The zero-order valence-electron chi connectivity index (χ0n) is 14.6. The Kier molecular flexibility index (Phi) is 7.41. The number of carbonyl (C=O) groups is 2. The first-order valence-corrected chi connectivity index (χ1v) is 9.48. The lowest BCUT2D eigenvalue weighted by Gasteiger charge is -2.19. The molecule has 140 valence electrons. The molecular formula is C18H21ClN2O4S. The van der Waals surface area contributed by atoms with Gasteiger partial charge in [0, 0.05) is 10.4 Å². The maximum Gasteiger partial charge on any atom is 0.326 e. The Morgan fingerprint density at radius 2 is 2.04 bits per heavy atom. The minimum atomic E-state index is -1.02. The van der Waals surface area contributed by atoms with Gasteiger partial charge in [0.05, 0.1) is 12.1 Å². The fourth-order valence-electron chi connectivity index (χ4n) is 2.24. The van der Waals surface area contributed by atoms with E-state index >= 15 is 0 Å². The van der Waals surface area contributed by atoms with Crippen molar-refractivity contribution in [2.75, 3.05) is 0 Å². The number of carboxylic acids is 1. The van der Waals surface area contributed by atoms with Gasteiger partial charge in [0.2, 0.25) is 5.91 Å². The molecule has 2 unspecified atom stereocenters. The average molecular weight is 397 g/mol. The Labute approximate surface area is 161 Å². The van der Waals surface area contributed by atoms with Gasteiger partial charge in [-0.1, -0.05) is 31.9 Å². The van der Waals surface area contributed by atoms with Crippen LogP contribution in [0.4, 0.5) is 0 Å². The van der Waals surface area contributed by atoms with E-state index in [0.717, 1.165) is 5.01 Å². The van der Waals surface area contributed by atoms with E-state index in [1.54, 1.807) is 36.6 Å². The highest BCUT2D eigenvalue weighted by Crippen LogP contribution is 2.18. The van der Waals surface area contributed by atoms with Gasteiger partial charge in [-0.3, -0.25) is 4.79 Å². The molecule has 8 heteroatoms. The van der Waals surface area contributed by atoms with Gasteiger partial charge in [0.25, 0.3) is 0 Å². The maximum atomic E-state index is 12.1. The van der Waals surface area contributed by atoms with E-state index < -0.39 is 12.0 Å². The molecule has 6 nitrogen and oxygen atoms in total. The van der Waals surface area contributed by atoms with E-state index in [9.17, 15) is 14.7 Å². The van der Waals surface area contributed by atoms with Gasteiger partial charge in [-0.2, -0.15) is 0 Å². The first-order valence-electron chi connectivity index (χ1n) is 8.22. The number of hydrogen-bond acceptors (Lipinski definition) is 5. The van der Waals surface area contributed by atoms with Gasteiger partial charge in [-0.25, -0.2) is 9.78 Å². The Morgan fingerprint density at radius 3 is 2.65 bits per heavy atom. The second-order valence-corrected chi connectivity index (χ2v) is 7.30. The molecule has 1 aromatic heterocycles. The van der Waals surface area contributed by atoms with E-state index in [-0.39, 0.29) is 18.2 Å². The van der Waals surface area contributed by atoms with Crippen molar-refractivity contribution in [2.24, 2.45) is 5.92 Å². The predicted octanol–water partition coefficient (Wildman–Crippen LogP) is 3.53. The third-order valence-corrected chi connectivity index (χ3v) is 5.04. The third kappa shape index (κ3) is 6.00. The summed E-state index contributed by atoms with van der Waals surface area (Å²) in [4.78, 5) is 27.8. The molecule has 1 amide bonds. The van der Waals surface area contributed by atoms with Crippen LogP contribution in [0.25, 0.3) is 0 Å². The van der Waals surface area contributed by atoms with Crippen LogP contribution < -0.4 is 10.1 Å². The summed E-state index contributed by atoms with van der Waals surface area (Å²) in [6.45, 7) is 3.98. The smallest absolute Gasteiger partial charge is 0.326 e. The summed E-state index contributed by atoms with van der Waals surface area (Å²) in [6.07, 6.45) is 0.706. The number of ether oxygens (including phenoxy) is 1. The Hall–Kier alpha value is -2.12. The molecule has 26 heavy (non-hydrogen) atoms. The quantitative estimate of drug-likeness (QED) is 0.676. The van der Waals surface area contributed by atoms with Crippen molar-refractivity contribution in [3.63, 3.8) is 0 Å². The lowest BCUT2D eigenvalue weighted by atomic mass is 9.99. The molecule has 0 fully saturated rings. The second kappa shape index (κ2) is 9.54. The monoisotopic (exact) mass is 396 g/mol. The number of carbonyl (C=O) groups excluding carboxylic acids is 1. The van der Waals surface area contributed by atoms with Gasteiger partial charge in [-0.15, -0.1) is 11.3 Å². The highest BCUT2D eigenvalue weighted by molar-refractivity contribution is 7.09. The molecule has 0 aliphatic heterocycles. The largest absolute Gasteiger partial charge is 0.486 e. The number of nitrogens with one attached hydrogen (secondary N) is 1. The number of nitrogens with zero attached hydrogens (tertiary/aromatic N) is 1. The van der Waals surface area contributed by atoms with Crippen LogP contribution in [0.5, 0.6) is 5.75 Å². The van der Waals surface area contributed by atoms with Crippen LogP contribution in [-0.2, 0) is 22.6 Å². The van der Waals surface area contributed by atoms with Crippen molar-refractivity contribution in [3.05, 3.63) is 45.4 Å². The molecule has 0 saturated heterocycles.